The van der Waals surface area contributed by atoms with Crippen molar-refractivity contribution in [3.8, 4) is 50.3 Å². The van der Waals surface area contributed by atoms with Crippen LogP contribution in [-0.4, -0.2) is 0 Å². The quantitative estimate of drug-likeness (QED) is 0.166. The van der Waals surface area contributed by atoms with E-state index in [0.717, 1.165) is 45.2 Å². The molecule has 9 aromatic carbocycles. The van der Waals surface area contributed by atoms with Crippen LogP contribution in [0.4, 0.5) is 22.7 Å². The molecule has 0 aliphatic carbocycles. The number of fused-ring (bicyclic) bond motifs is 4. The molecule has 0 radical (unpaired) electrons. The van der Waals surface area contributed by atoms with Gasteiger partial charge in [0, 0.05) is 42.7 Å². The lowest BCUT2D eigenvalue weighted by atomic mass is 9.95. The monoisotopic (exact) mass is 774 g/mol. The highest BCUT2D eigenvalue weighted by Crippen LogP contribution is 2.49. The predicted octanol–water partition coefficient (Wildman–Crippen LogP) is 15.7. The Morgan fingerprint density at radius 2 is 0.966 bits per heavy atom. The van der Waals surface area contributed by atoms with Crippen molar-refractivity contribution in [1.29, 1.82) is 0 Å². The van der Waals surface area contributed by atoms with E-state index in [1.54, 1.807) is 0 Å². The number of nitrogens with zero attached hydrogens (tertiary/aromatic N) is 1. The molecule has 1 aromatic heterocycles. The summed E-state index contributed by atoms with van der Waals surface area (Å²) in [6, 6.07) is 78.3. The molecule has 4 heteroatoms. The highest BCUT2D eigenvalue weighted by Gasteiger charge is 2.25. The molecule has 3 nitrogen and oxygen atoms in total. The minimum atomic E-state index is -0.192. The second-order valence-corrected chi connectivity index (χ2v) is 16.0. The molecular formula is C55H38N2OS. The second-order valence-electron chi connectivity index (χ2n) is 14.9. The van der Waals surface area contributed by atoms with Crippen LogP contribution in [0.1, 0.15) is 11.8 Å². The lowest BCUT2D eigenvalue weighted by molar-refractivity contribution is 0.260. The van der Waals surface area contributed by atoms with Crippen molar-refractivity contribution in [3.63, 3.8) is 0 Å². The number of ether oxygens (including phenoxy) is 1. The summed E-state index contributed by atoms with van der Waals surface area (Å²) in [5.74, 6) is 0.890. The Bertz CT molecular complexity index is 2990. The molecule has 0 amide bonds. The van der Waals surface area contributed by atoms with Crippen molar-refractivity contribution in [1.82, 2.24) is 0 Å². The third-order valence-corrected chi connectivity index (χ3v) is 12.5. The molecule has 1 aliphatic heterocycles. The first kappa shape index (κ1) is 34.8. The van der Waals surface area contributed by atoms with Gasteiger partial charge in [-0.2, -0.15) is 0 Å². The fourth-order valence-corrected chi connectivity index (χ4v) is 9.64. The van der Waals surface area contributed by atoms with Crippen LogP contribution in [0.15, 0.2) is 218 Å². The van der Waals surface area contributed by atoms with Crippen LogP contribution in [0.25, 0.3) is 64.7 Å². The Morgan fingerprint density at radius 3 is 1.58 bits per heavy atom. The van der Waals surface area contributed by atoms with Gasteiger partial charge in [-0.15, -0.1) is 11.3 Å². The van der Waals surface area contributed by atoms with Gasteiger partial charge in [0.05, 0.1) is 11.4 Å². The molecule has 0 fully saturated rings. The third kappa shape index (κ3) is 6.50. The molecule has 59 heavy (non-hydrogen) atoms. The van der Waals surface area contributed by atoms with Gasteiger partial charge in [0.1, 0.15) is 5.75 Å². The number of nitrogens with one attached hydrogen (secondary N) is 1. The van der Waals surface area contributed by atoms with E-state index in [9.17, 15) is 0 Å². The molecule has 11 rings (SSSR count). The van der Waals surface area contributed by atoms with Gasteiger partial charge in [0.25, 0.3) is 0 Å². The van der Waals surface area contributed by atoms with Crippen molar-refractivity contribution >= 4 is 54.3 Å². The molecule has 2 heterocycles. The summed E-state index contributed by atoms with van der Waals surface area (Å²) < 4.78 is 8.96. The van der Waals surface area contributed by atoms with Gasteiger partial charge in [0.15, 0.2) is 6.23 Å². The van der Waals surface area contributed by atoms with E-state index in [1.807, 2.05) is 17.4 Å². The number of hydrogen-bond acceptors (Lipinski definition) is 4. The molecule has 0 saturated carbocycles. The van der Waals surface area contributed by atoms with Crippen molar-refractivity contribution in [2.75, 3.05) is 10.2 Å². The Labute approximate surface area is 348 Å². The number of rotatable bonds is 8. The Kier molecular flexibility index (Phi) is 8.76. The van der Waals surface area contributed by atoms with E-state index in [1.165, 1.54) is 53.6 Å². The zero-order valence-corrected chi connectivity index (χ0v) is 32.9. The van der Waals surface area contributed by atoms with E-state index in [-0.39, 0.29) is 6.23 Å². The number of thiophene rings is 1. The summed E-state index contributed by atoms with van der Waals surface area (Å²) in [7, 11) is 0. The lowest BCUT2D eigenvalue weighted by Crippen LogP contribution is -2.11. The Balaban J connectivity index is 1.03. The van der Waals surface area contributed by atoms with Crippen LogP contribution in [0.5, 0.6) is 5.75 Å². The molecule has 1 atom stereocenters. The first-order valence-corrected chi connectivity index (χ1v) is 20.8. The number of anilines is 4. The summed E-state index contributed by atoms with van der Waals surface area (Å²) in [6.45, 7) is 0. The minimum absolute atomic E-state index is 0.192. The minimum Gasteiger partial charge on any atom is -0.464 e. The maximum absolute atomic E-state index is 6.45. The van der Waals surface area contributed by atoms with Crippen molar-refractivity contribution in [2.45, 2.75) is 6.23 Å². The van der Waals surface area contributed by atoms with Gasteiger partial charge in [-0.3, -0.25) is 0 Å². The smallest absolute Gasteiger partial charge is 0.196 e. The molecule has 280 valence electrons. The average Bonchev–Trinajstić information content (AvgIpc) is 3.91. The highest BCUT2D eigenvalue weighted by atomic mass is 32.1. The number of benzene rings is 9. The van der Waals surface area contributed by atoms with Crippen molar-refractivity contribution in [3.05, 3.63) is 224 Å². The molecule has 1 N–H and O–H groups in total. The Morgan fingerprint density at radius 1 is 0.424 bits per heavy atom. The first-order valence-electron chi connectivity index (χ1n) is 20.0. The Hall–Kier alpha value is -7.40. The van der Waals surface area contributed by atoms with Crippen LogP contribution < -0.4 is 15.0 Å². The fraction of sp³-hybridized carbons (Fsp3) is 0.0182. The molecular weight excluding hydrogens is 737 g/mol. The van der Waals surface area contributed by atoms with Gasteiger partial charge in [0.2, 0.25) is 0 Å². The maximum atomic E-state index is 6.45. The van der Waals surface area contributed by atoms with E-state index >= 15 is 0 Å². The van der Waals surface area contributed by atoms with Gasteiger partial charge in [-0.05, 0) is 87.5 Å². The SMILES string of the molecule is c1ccc(-c2ccc(N(c3ccc(-c4ccccc4)cc3)c3ccc(-c4cccc5c4sc4cc6c(cc45)OC(c4ccccc4)N6)cc3-c3ccccc3)cc2)cc1. The van der Waals surface area contributed by atoms with Gasteiger partial charge < -0.3 is 15.0 Å². The van der Waals surface area contributed by atoms with E-state index in [4.69, 9.17) is 4.74 Å². The fourth-order valence-electron chi connectivity index (χ4n) is 8.38. The van der Waals surface area contributed by atoms with Crippen LogP contribution >= 0.6 is 11.3 Å². The van der Waals surface area contributed by atoms with Crippen molar-refractivity contribution in [2.24, 2.45) is 0 Å². The normalized spacial score (nSPS) is 13.2. The number of hydrogen-bond donors (Lipinski definition) is 1. The maximum Gasteiger partial charge on any atom is 0.196 e. The molecule has 1 unspecified atom stereocenters. The molecule has 0 bridgehead atoms. The molecule has 0 saturated heterocycles. The standard InChI is InChI=1S/C55H38N2OS/c1-5-14-37(15-6-1)39-24-29-44(30-25-39)57(45-31-26-40(27-32-45)38-16-7-2-8-17-38)51-33-28-43(34-48(51)41-18-9-3-10-19-41)46-22-13-23-47-49-35-52-50(36-53(49)59-54(46)47)56-55(58-52)42-20-11-4-12-21-42/h1-36,55-56H. The summed E-state index contributed by atoms with van der Waals surface area (Å²) in [5.41, 5.74) is 14.9. The topological polar surface area (TPSA) is 24.5 Å². The van der Waals surface area contributed by atoms with Crippen LogP contribution in [-0.2, 0) is 0 Å². The predicted molar refractivity (Wildman–Crippen MR) is 249 cm³/mol. The summed E-state index contributed by atoms with van der Waals surface area (Å²) in [5, 5.41) is 6.06. The lowest BCUT2D eigenvalue weighted by Gasteiger charge is -2.29. The van der Waals surface area contributed by atoms with Crippen molar-refractivity contribution < 1.29 is 4.74 Å². The van der Waals surface area contributed by atoms with E-state index in [0.29, 0.717) is 0 Å². The van der Waals surface area contributed by atoms with E-state index in [2.05, 4.69) is 223 Å². The molecule has 1 aliphatic rings. The summed E-state index contributed by atoms with van der Waals surface area (Å²) in [4.78, 5) is 2.40. The summed E-state index contributed by atoms with van der Waals surface area (Å²) >= 11 is 1.85. The molecule has 0 spiro atoms. The zero-order chi connectivity index (χ0) is 39.1. The van der Waals surface area contributed by atoms with Crippen LogP contribution in [0, 0.1) is 0 Å². The highest BCUT2D eigenvalue weighted by molar-refractivity contribution is 7.26. The second kappa shape index (κ2) is 14.8. The van der Waals surface area contributed by atoms with Crippen LogP contribution in [0.2, 0.25) is 0 Å². The third-order valence-electron chi connectivity index (χ3n) is 11.3. The molecule has 10 aromatic rings. The van der Waals surface area contributed by atoms with Crippen LogP contribution in [0.3, 0.4) is 0 Å². The van der Waals surface area contributed by atoms with Gasteiger partial charge in [-0.1, -0.05) is 170 Å². The summed E-state index contributed by atoms with van der Waals surface area (Å²) in [6.07, 6.45) is -0.192. The van der Waals surface area contributed by atoms with E-state index < -0.39 is 0 Å². The zero-order valence-electron chi connectivity index (χ0n) is 32.1. The largest absolute Gasteiger partial charge is 0.464 e. The van der Waals surface area contributed by atoms with Gasteiger partial charge >= 0.3 is 0 Å². The first-order chi connectivity index (χ1) is 29.2. The van der Waals surface area contributed by atoms with Gasteiger partial charge in [-0.25, -0.2) is 0 Å². The average molecular weight is 775 g/mol.